The van der Waals surface area contributed by atoms with E-state index in [9.17, 15) is 5.11 Å². The maximum atomic E-state index is 9.93. The Morgan fingerprint density at radius 2 is 2.06 bits per heavy atom. The average molecular weight is 465 g/mol. The number of anilines is 2. The molecule has 1 aliphatic rings. The number of nitrogens with one attached hydrogen (secondary N) is 4. The lowest BCUT2D eigenvalue weighted by Crippen LogP contribution is -2.29. The second-order valence-corrected chi connectivity index (χ2v) is 8.53. The summed E-state index contributed by atoms with van der Waals surface area (Å²) >= 11 is 0. The number of ether oxygens (including phenoxy) is 1. The molecule has 10 nitrogen and oxygen atoms in total. The zero-order valence-electron chi connectivity index (χ0n) is 19.8. The molecule has 10 heteroatoms. The Labute approximate surface area is 199 Å². The van der Waals surface area contributed by atoms with Crippen LogP contribution in [0.15, 0.2) is 30.3 Å². The lowest BCUT2D eigenvalue weighted by atomic mass is 10.2. The summed E-state index contributed by atoms with van der Waals surface area (Å²) in [5, 5.41) is 32.1. The predicted octanol–water partition coefficient (Wildman–Crippen LogP) is 2.33. The number of aryl methyl sites for hydroxylation is 2. The third-order valence-electron chi connectivity index (χ3n) is 5.52. The lowest BCUT2D eigenvalue weighted by Gasteiger charge is -2.16. The van der Waals surface area contributed by atoms with Gasteiger partial charge in [0.05, 0.1) is 23.5 Å². The van der Waals surface area contributed by atoms with Gasteiger partial charge in [0.15, 0.2) is 5.82 Å². The minimum absolute atomic E-state index is 0.184. The van der Waals surface area contributed by atoms with Crippen LogP contribution in [-0.2, 0) is 13.6 Å². The van der Waals surface area contributed by atoms with Crippen LogP contribution in [0.2, 0.25) is 0 Å². The van der Waals surface area contributed by atoms with E-state index in [2.05, 4.69) is 21.0 Å². The first kappa shape index (κ1) is 23.7. The van der Waals surface area contributed by atoms with Gasteiger partial charge in [-0.05, 0) is 45.0 Å². The summed E-state index contributed by atoms with van der Waals surface area (Å²) in [4.78, 5) is 9.51. The van der Waals surface area contributed by atoms with Crippen LogP contribution >= 0.6 is 0 Å². The van der Waals surface area contributed by atoms with E-state index in [1.54, 1.807) is 7.05 Å². The van der Waals surface area contributed by atoms with E-state index in [1.165, 1.54) is 6.21 Å². The van der Waals surface area contributed by atoms with E-state index >= 15 is 0 Å². The van der Waals surface area contributed by atoms with Crippen molar-refractivity contribution >= 4 is 17.9 Å². The maximum Gasteiger partial charge on any atom is 0.164 e. The number of likely N-dealkylation sites (N-methyl/N-ethyl adjacent to an activating group) is 1. The van der Waals surface area contributed by atoms with E-state index in [4.69, 9.17) is 20.1 Å². The Morgan fingerprint density at radius 1 is 1.26 bits per heavy atom. The molecule has 0 bridgehead atoms. The summed E-state index contributed by atoms with van der Waals surface area (Å²) in [5.41, 5.74) is 3.37. The first-order chi connectivity index (χ1) is 16.5. The molecule has 5 N–H and O–H groups in total. The number of benzene rings is 1. The smallest absolute Gasteiger partial charge is 0.164 e. The van der Waals surface area contributed by atoms with Crippen LogP contribution in [0.5, 0.6) is 5.75 Å². The molecule has 3 aromatic rings. The molecule has 0 radical (unpaired) electrons. The molecule has 180 valence electrons. The molecular formula is C24H32N8O2. The Balaban J connectivity index is 1.62. The minimum atomic E-state index is -0.599. The fraction of sp³-hybridized carbons (Fsp3) is 0.417. The summed E-state index contributed by atoms with van der Waals surface area (Å²) in [7, 11) is 3.69. The van der Waals surface area contributed by atoms with E-state index in [0.29, 0.717) is 47.9 Å². The van der Waals surface area contributed by atoms with Crippen LogP contribution in [0.1, 0.15) is 29.8 Å². The highest BCUT2D eigenvalue weighted by atomic mass is 16.5. The normalized spacial score (nSPS) is 14.0. The number of rotatable bonds is 12. The van der Waals surface area contributed by atoms with Crippen molar-refractivity contribution in [2.75, 3.05) is 30.8 Å². The Bertz CT molecular complexity index is 1140. The number of hydrogen-bond donors (Lipinski definition) is 5. The van der Waals surface area contributed by atoms with Gasteiger partial charge in [0.2, 0.25) is 0 Å². The maximum absolute atomic E-state index is 9.93. The molecule has 0 saturated heterocycles. The molecule has 1 fully saturated rings. The number of nitrogens with zero attached hydrogens (tertiary/aromatic N) is 4. The van der Waals surface area contributed by atoms with Gasteiger partial charge >= 0.3 is 0 Å². The first-order valence-electron chi connectivity index (χ1n) is 11.4. The van der Waals surface area contributed by atoms with Crippen molar-refractivity contribution in [3.63, 3.8) is 0 Å². The number of aromatic nitrogens is 4. The van der Waals surface area contributed by atoms with Gasteiger partial charge in [0.1, 0.15) is 30.1 Å². The zero-order valence-corrected chi connectivity index (χ0v) is 19.8. The summed E-state index contributed by atoms with van der Waals surface area (Å²) < 4.78 is 7.60. The van der Waals surface area contributed by atoms with Crippen molar-refractivity contribution in [3.8, 4) is 17.1 Å². The predicted molar refractivity (Wildman–Crippen MR) is 133 cm³/mol. The summed E-state index contributed by atoms with van der Waals surface area (Å²) in [6, 6.07) is 9.90. The Hall–Kier alpha value is -3.50. The fourth-order valence-corrected chi connectivity index (χ4v) is 3.62. The van der Waals surface area contributed by atoms with Crippen molar-refractivity contribution in [1.29, 1.82) is 5.41 Å². The summed E-state index contributed by atoms with van der Waals surface area (Å²) in [5.74, 6) is 2.38. The molecule has 2 heterocycles. The quantitative estimate of drug-likeness (QED) is 0.258. The van der Waals surface area contributed by atoms with Gasteiger partial charge in [-0.25, -0.2) is 9.97 Å². The highest BCUT2D eigenvalue weighted by Crippen LogP contribution is 2.31. The molecule has 0 spiro atoms. The summed E-state index contributed by atoms with van der Waals surface area (Å²) in [6.07, 6.45) is 2.87. The number of aliphatic hydroxyl groups is 1. The van der Waals surface area contributed by atoms with Gasteiger partial charge in [-0.3, -0.25) is 4.68 Å². The molecule has 1 atom stereocenters. The van der Waals surface area contributed by atoms with Crippen molar-refractivity contribution in [2.45, 2.75) is 38.5 Å². The van der Waals surface area contributed by atoms with Crippen molar-refractivity contribution in [2.24, 2.45) is 7.05 Å². The minimum Gasteiger partial charge on any atom is -0.491 e. The lowest BCUT2D eigenvalue weighted by molar-refractivity contribution is 0.108. The number of aliphatic hydroxyl groups excluding tert-OH is 1. The van der Waals surface area contributed by atoms with Crippen molar-refractivity contribution < 1.29 is 9.84 Å². The third kappa shape index (κ3) is 5.89. The van der Waals surface area contributed by atoms with Gasteiger partial charge in [-0.2, -0.15) is 5.10 Å². The van der Waals surface area contributed by atoms with Crippen LogP contribution in [0.25, 0.3) is 11.4 Å². The molecule has 2 aromatic heterocycles. The standard InChI is InChI=1S/C24H32N8O2/c1-15-9-18(32(3)31-15)12-27-23-21(11-25)24(28-17-7-8-17)30-22(29-23)16-5-4-6-20(10-16)34-14-19(33)13-26-2/h4-6,9-11,17,19,25-26,33H,7-8,12-14H2,1-3H3,(H2,27,28,29,30). The molecule has 1 aliphatic carbocycles. The molecule has 0 aliphatic heterocycles. The molecular weight excluding hydrogens is 432 g/mol. The van der Waals surface area contributed by atoms with Crippen LogP contribution in [0, 0.1) is 12.3 Å². The van der Waals surface area contributed by atoms with Gasteiger partial charge in [0.25, 0.3) is 0 Å². The number of hydrogen-bond acceptors (Lipinski definition) is 9. The summed E-state index contributed by atoms with van der Waals surface area (Å²) in [6.45, 7) is 3.11. The molecule has 34 heavy (non-hydrogen) atoms. The molecule has 1 aromatic carbocycles. The van der Waals surface area contributed by atoms with E-state index in [0.717, 1.165) is 29.8 Å². The van der Waals surface area contributed by atoms with Gasteiger partial charge in [0, 0.05) is 31.4 Å². The van der Waals surface area contributed by atoms with E-state index in [1.807, 2.05) is 49.0 Å². The van der Waals surface area contributed by atoms with E-state index < -0.39 is 6.10 Å². The topological polar surface area (TPSA) is 133 Å². The molecule has 0 amide bonds. The molecule has 1 unspecified atom stereocenters. The third-order valence-corrected chi connectivity index (χ3v) is 5.52. The highest BCUT2D eigenvalue weighted by molar-refractivity contribution is 5.91. The average Bonchev–Trinajstić information content (AvgIpc) is 3.58. The largest absolute Gasteiger partial charge is 0.491 e. The first-order valence-corrected chi connectivity index (χ1v) is 11.4. The van der Waals surface area contributed by atoms with E-state index in [-0.39, 0.29) is 6.61 Å². The molecule has 1 saturated carbocycles. The Morgan fingerprint density at radius 3 is 2.74 bits per heavy atom. The fourth-order valence-electron chi connectivity index (χ4n) is 3.62. The van der Waals surface area contributed by atoms with Gasteiger partial charge in [-0.1, -0.05) is 12.1 Å². The van der Waals surface area contributed by atoms with Gasteiger partial charge in [-0.15, -0.1) is 0 Å². The SMILES string of the molecule is CNCC(O)COc1cccc(-c2nc(NCc3cc(C)nn3C)c(C=N)c(NC3CC3)n2)c1. The van der Waals surface area contributed by atoms with Crippen LogP contribution < -0.4 is 20.7 Å². The second kappa shape index (κ2) is 10.6. The van der Waals surface area contributed by atoms with Crippen LogP contribution in [0.3, 0.4) is 0 Å². The van der Waals surface area contributed by atoms with Gasteiger partial charge < -0.3 is 31.2 Å². The second-order valence-electron chi connectivity index (χ2n) is 8.53. The monoisotopic (exact) mass is 464 g/mol. The zero-order chi connectivity index (χ0) is 24.1. The highest BCUT2D eigenvalue weighted by Gasteiger charge is 2.24. The Kier molecular flexibility index (Phi) is 7.39. The van der Waals surface area contributed by atoms with Crippen LogP contribution in [-0.4, -0.2) is 63.4 Å². The molecule has 4 rings (SSSR count). The van der Waals surface area contributed by atoms with Crippen LogP contribution in [0.4, 0.5) is 11.6 Å². The van der Waals surface area contributed by atoms with Crippen molar-refractivity contribution in [3.05, 3.63) is 47.3 Å². The van der Waals surface area contributed by atoms with Crippen molar-refractivity contribution in [1.82, 2.24) is 25.1 Å².